The summed E-state index contributed by atoms with van der Waals surface area (Å²) in [7, 11) is 0. The zero-order chi connectivity index (χ0) is 15.5. The second-order valence-electron chi connectivity index (χ2n) is 5.75. The van der Waals surface area contributed by atoms with E-state index in [1.807, 2.05) is 0 Å². The third-order valence-electron chi connectivity index (χ3n) is 4.30. The molecule has 0 heterocycles. The van der Waals surface area contributed by atoms with Gasteiger partial charge >= 0.3 is 6.18 Å². The van der Waals surface area contributed by atoms with Crippen molar-refractivity contribution in [3.8, 4) is 0 Å². The van der Waals surface area contributed by atoms with Gasteiger partial charge in [0.25, 0.3) is 0 Å². The summed E-state index contributed by atoms with van der Waals surface area (Å²) in [5.74, 6) is 0.623. The molecule has 1 N–H and O–H groups in total. The van der Waals surface area contributed by atoms with Crippen molar-refractivity contribution >= 4 is 21.6 Å². The van der Waals surface area contributed by atoms with Gasteiger partial charge in [0.1, 0.15) is 0 Å². The molecular formula is C16H21BrF3N. The van der Waals surface area contributed by atoms with Crippen LogP contribution in [0.2, 0.25) is 0 Å². The van der Waals surface area contributed by atoms with Crippen LogP contribution < -0.4 is 5.32 Å². The second-order valence-corrected chi connectivity index (χ2v) is 6.60. The van der Waals surface area contributed by atoms with Gasteiger partial charge in [-0.15, -0.1) is 0 Å². The first-order chi connectivity index (χ1) is 9.91. The highest BCUT2D eigenvalue weighted by Crippen LogP contribution is 2.35. The molecule has 1 nitrogen and oxygen atoms in total. The number of halogens is 4. The monoisotopic (exact) mass is 363 g/mol. The molecule has 1 aromatic rings. The van der Waals surface area contributed by atoms with Crippen LogP contribution in [-0.4, -0.2) is 6.04 Å². The molecule has 1 saturated carbocycles. The lowest BCUT2D eigenvalue weighted by molar-refractivity contribution is -0.137. The lowest BCUT2D eigenvalue weighted by atomic mass is 9.83. The van der Waals surface area contributed by atoms with E-state index in [2.05, 4.69) is 28.2 Å². The Kier molecular flexibility index (Phi) is 5.58. The summed E-state index contributed by atoms with van der Waals surface area (Å²) in [6.07, 6.45) is 2.94. The van der Waals surface area contributed by atoms with Gasteiger partial charge in [0.15, 0.2) is 0 Å². The quantitative estimate of drug-likeness (QED) is 0.667. The summed E-state index contributed by atoms with van der Waals surface area (Å²) in [5, 5.41) is 3.43. The Morgan fingerprint density at radius 3 is 2.43 bits per heavy atom. The van der Waals surface area contributed by atoms with Gasteiger partial charge in [0.05, 0.1) is 5.56 Å². The largest absolute Gasteiger partial charge is 0.416 e. The molecule has 5 heteroatoms. The van der Waals surface area contributed by atoms with Gasteiger partial charge in [0.2, 0.25) is 0 Å². The molecule has 0 radical (unpaired) electrons. The number of hydrogen-bond donors (Lipinski definition) is 1. The van der Waals surface area contributed by atoms with E-state index in [4.69, 9.17) is 0 Å². The maximum Gasteiger partial charge on any atom is 0.416 e. The van der Waals surface area contributed by atoms with Gasteiger partial charge in [-0.05, 0) is 59.3 Å². The van der Waals surface area contributed by atoms with Crippen molar-refractivity contribution in [3.63, 3.8) is 0 Å². The predicted molar refractivity (Wildman–Crippen MR) is 83.4 cm³/mol. The summed E-state index contributed by atoms with van der Waals surface area (Å²) in [6.45, 7) is 2.13. The molecule has 118 valence electrons. The first-order valence-electron chi connectivity index (χ1n) is 7.55. The number of benzene rings is 1. The van der Waals surface area contributed by atoms with Crippen LogP contribution in [0.4, 0.5) is 18.9 Å². The Morgan fingerprint density at radius 2 is 1.90 bits per heavy atom. The molecule has 0 bridgehead atoms. The molecule has 0 aliphatic heterocycles. The molecule has 2 rings (SSSR count). The van der Waals surface area contributed by atoms with Crippen LogP contribution in [0.3, 0.4) is 0 Å². The summed E-state index contributed by atoms with van der Waals surface area (Å²) in [5.41, 5.74) is 0.131. The van der Waals surface area contributed by atoms with E-state index in [0.29, 0.717) is 16.4 Å². The summed E-state index contributed by atoms with van der Waals surface area (Å²) in [4.78, 5) is 0. The maximum absolute atomic E-state index is 12.7. The molecule has 21 heavy (non-hydrogen) atoms. The van der Waals surface area contributed by atoms with Gasteiger partial charge in [0, 0.05) is 16.2 Å². The fraction of sp³-hybridized carbons (Fsp3) is 0.625. The van der Waals surface area contributed by atoms with Crippen molar-refractivity contribution in [1.29, 1.82) is 0 Å². The standard InChI is InChI=1S/C16H21BrF3N/c1-2-14(11-6-4-3-5-7-11)21-15-9-8-12(10-13(15)17)16(18,19)20/h8-11,14,21H,2-7H2,1H3. The van der Waals surface area contributed by atoms with Crippen molar-refractivity contribution in [3.05, 3.63) is 28.2 Å². The third-order valence-corrected chi connectivity index (χ3v) is 4.95. The van der Waals surface area contributed by atoms with E-state index < -0.39 is 11.7 Å². The second kappa shape index (κ2) is 7.03. The number of alkyl halides is 3. The van der Waals surface area contributed by atoms with Crippen LogP contribution in [-0.2, 0) is 6.18 Å². The minimum atomic E-state index is -4.30. The Labute approximate surface area is 132 Å². The molecule has 0 amide bonds. The lowest BCUT2D eigenvalue weighted by Gasteiger charge is -2.31. The molecule has 1 atom stereocenters. The van der Waals surface area contributed by atoms with Crippen molar-refractivity contribution in [2.45, 2.75) is 57.7 Å². The van der Waals surface area contributed by atoms with Gasteiger partial charge in [-0.25, -0.2) is 0 Å². The van der Waals surface area contributed by atoms with Gasteiger partial charge < -0.3 is 5.32 Å². The van der Waals surface area contributed by atoms with Crippen LogP contribution in [0, 0.1) is 5.92 Å². The van der Waals surface area contributed by atoms with E-state index in [1.165, 1.54) is 38.2 Å². The van der Waals surface area contributed by atoms with Crippen LogP contribution in [0.5, 0.6) is 0 Å². The van der Waals surface area contributed by atoms with E-state index in [0.717, 1.165) is 24.2 Å². The Bertz CT molecular complexity index is 467. The minimum absolute atomic E-state index is 0.332. The van der Waals surface area contributed by atoms with Crippen molar-refractivity contribution in [2.24, 2.45) is 5.92 Å². The average molecular weight is 364 g/mol. The smallest absolute Gasteiger partial charge is 0.381 e. The van der Waals surface area contributed by atoms with E-state index >= 15 is 0 Å². The van der Waals surface area contributed by atoms with E-state index in [1.54, 1.807) is 0 Å². The molecule has 1 aromatic carbocycles. The Hall–Kier alpha value is -0.710. The van der Waals surface area contributed by atoms with Gasteiger partial charge in [-0.3, -0.25) is 0 Å². The Balaban J connectivity index is 2.10. The van der Waals surface area contributed by atoms with E-state index in [9.17, 15) is 13.2 Å². The van der Waals surface area contributed by atoms with Gasteiger partial charge in [-0.2, -0.15) is 13.2 Å². The van der Waals surface area contributed by atoms with Gasteiger partial charge in [-0.1, -0.05) is 26.2 Å². The SMILES string of the molecule is CCC(Nc1ccc(C(F)(F)F)cc1Br)C1CCCCC1. The third kappa shape index (κ3) is 4.38. The number of rotatable bonds is 4. The molecule has 0 saturated heterocycles. The first-order valence-corrected chi connectivity index (χ1v) is 8.34. The lowest BCUT2D eigenvalue weighted by Crippen LogP contribution is -2.30. The zero-order valence-corrected chi connectivity index (χ0v) is 13.7. The Morgan fingerprint density at radius 1 is 1.24 bits per heavy atom. The van der Waals surface area contributed by atoms with E-state index in [-0.39, 0.29) is 0 Å². The van der Waals surface area contributed by atoms with Crippen molar-refractivity contribution < 1.29 is 13.2 Å². The van der Waals surface area contributed by atoms with Crippen LogP contribution in [0.15, 0.2) is 22.7 Å². The molecule has 0 spiro atoms. The number of anilines is 1. The molecular weight excluding hydrogens is 343 g/mol. The average Bonchev–Trinajstić information content (AvgIpc) is 2.46. The first kappa shape index (κ1) is 16.7. The fourth-order valence-corrected chi connectivity index (χ4v) is 3.59. The summed E-state index contributed by atoms with van der Waals surface area (Å²) in [6, 6.07) is 4.15. The zero-order valence-electron chi connectivity index (χ0n) is 12.1. The molecule has 1 aliphatic carbocycles. The minimum Gasteiger partial charge on any atom is -0.381 e. The summed E-state index contributed by atoms with van der Waals surface area (Å²) >= 11 is 3.26. The van der Waals surface area contributed by atoms with Crippen LogP contribution in [0.25, 0.3) is 0 Å². The van der Waals surface area contributed by atoms with Crippen LogP contribution in [0.1, 0.15) is 51.0 Å². The summed E-state index contributed by atoms with van der Waals surface area (Å²) < 4.78 is 38.5. The highest BCUT2D eigenvalue weighted by Gasteiger charge is 2.31. The normalized spacial score (nSPS) is 18.5. The number of nitrogens with one attached hydrogen (secondary N) is 1. The predicted octanol–water partition coefficient (Wildman–Crippen LogP) is 6.24. The van der Waals surface area contributed by atoms with Crippen molar-refractivity contribution in [1.82, 2.24) is 0 Å². The number of hydrogen-bond acceptors (Lipinski definition) is 1. The molecule has 0 aromatic heterocycles. The van der Waals surface area contributed by atoms with Crippen LogP contribution >= 0.6 is 15.9 Å². The molecule has 1 unspecified atom stereocenters. The van der Waals surface area contributed by atoms with Crippen molar-refractivity contribution in [2.75, 3.05) is 5.32 Å². The molecule has 1 fully saturated rings. The highest BCUT2D eigenvalue weighted by atomic mass is 79.9. The highest BCUT2D eigenvalue weighted by molar-refractivity contribution is 9.10. The maximum atomic E-state index is 12.7. The molecule has 1 aliphatic rings. The topological polar surface area (TPSA) is 12.0 Å². The fourth-order valence-electron chi connectivity index (χ4n) is 3.10.